The normalized spacial score (nSPS) is 15.6. The van der Waals surface area contributed by atoms with Crippen molar-refractivity contribution >= 4 is 33.2 Å². The molecule has 152 valence electrons. The number of anilines is 1. The van der Waals surface area contributed by atoms with Gasteiger partial charge in [0.15, 0.2) is 0 Å². The number of halogens is 1. The summed E-state index contributed by atoms with van der Waals surface area (Å²) in [6, 6.07) is 6.22. The monoisotopic (exact) mass is 427 g/mol. The highest BCUT2D eigenvalue weighted by Gasteiger charge is 2.28. The van der Waals surface area contributed by atoms with Crippen molar-refractivity contribution in [1.82, 2.24) is 9.29 Å². The van der Waals surface area contributed by atoms with Crippen LogP contribution in [0.1, 0.15) is 24.3 Å². The van der Waals surface area contributed by atoms with Crippen LogP contribution in [0.2, 0.25) is 5.02 Å². The molecule has 0 atom stereocenters. The Hall–Kier alpha value is -2.07. The van der Waals surface area contributed by atoms with E-state index in [0.29, 0.717) is 42.8 Å². The number of hydrogen-bond donors (Lipinski definition) is 2. The number of aromatic nitrogens is 1. The van der Waals surface area contributed by atoms with E-state index in [2.05, 4.69) is 10.3 Å². The second-order valence-corrected chi connectivity index (χ2v) is 8.88. The molecule has 1 aliphatic rings. The molecule has 2 N–H and O–H groups in total. The fourth-order valence-corrected chi connectivity index (χ4v) is 4.34. The lowest BCUT2D eigenvalue weighted by molar-refractivity contribution is 0.0730. The second-order valence-electron chi connectivity index (χ2n) is 6.53. The van der Waals surface area contributed by atoms with Crippen LogP contribution in [0.3, 0.4) is 0 Å². The molecule has 1 fully saturated rings. The molecule has 0 radical (unpaired) electrons. The molecule has 2 heterocycles. The first-order valence-corrected chi connectivity index (χ1v) is 10.6. The fourth-order valence-electron chi connectivity index (χ4n) is 2.72. The lowest BCUT2D eigenvalue weighted by atomic mass is 10.3. The summed E-state index contributed by atoms with van der Waals surface area (Å²) in [5.74, 6) is 0.0467. The predicted octanol–water partition coefficient (Wildman–Crippen LogP) is 2.73. The number of H-pyrrole nitrogens is 1. The van der Waals surface area contributed by atoms with Gasteiger partial charge in [-0.25, -0.2) is 8.42 Å². The minimum atomic E-state index is -3.67. The molecule has 28 heavy (non-hydrogen) atoms. The number of carbonyl (C=O) groups excluding carboxylic acids is 1. The van der Waals surface area contributed by atoms with Gasteiger partial charge in [-0.2, -0.15) is 4.31 Å². The number of amides is 1. The van der Waals surface area contributed by atoms with E-state index >= 15 is 0 Å². The first kappa shape index (κ1) is 20.7. The molecule has 1 saturated heterocycles. The number of ether oxygens (including phenoxy) is 2. The summed E-state index contributed by atoms with van der Waals surface area (Å²) in [7, 11) is -3.67. The molecule has 1 amide bonds. The lowest BCUT2D eigenvalue weighted by Crippen LogP contribution is -2.40. The number of nitrogens with zero attached hydrogens (tertiary/aromatic N) is 1. The van der Waals surface area contributed by atoms with Crippen LogP contribution in [0.4, 0.5) is 5.69 Å². The number of morpholine rings is 1. The summed E-state index contributed by atoms with van der Waals surface area (Å²) >= 11 is 6.17. The van der Waals surface area contributed by atoms with Gasteiger partial charge in [-0.1, -0.05) is 11.6 Å². The van der Waals surface area contributed by atoms with Gasteiger partial charge in [-0.05, 0) is 38.1 Å². The fraction of sp³-hybridized carbons (Fsp3) is 0.389. The summed E-state index contributed by atoms with van der Waals surface area (Å²) in [5.41, 5.74) is 0.601. The Labute approximate surface area is 168 Å². The Balaban J connectivity index is 1.71. The third kappa shape index (κ3) is 4.67. The van der Waals surface area contributed by atoms with E-state index in [9.17, 15) is 13.2 Å². The van der Waals surface area contributed by atoms with E-state index < -0.39 is 15.9 Å². The van der Waals surface area contributed by atoms with Crippen molar-refractivity contribution in [3.63, 3.8) is 0 Å². The molecule has 8 nitrogen and oxygen atoms in total. The van der Waals surface area contributed by atoms with Crippen LogP contribution >= 0.6 is 11.6 Å². The van der Waals surface area contributed by atoms with Gasteiger partial charge in [0, 0.05) is 25.0 Å². The van der Waals surface area contributed by atoms with Gasteiger partial charge in [0.2, 0.25) is 10.0 Å². The zero-order valence-corrected chi connectivity index (χ0v) is 17.1. The van der Waals surface area contributed by atoms with Gasteiger partial charge < -0.3 is 19.8 Å². The third-order valence-corrected chi connectivity index (χ3v) is 6.23. The van der Waals surface area contributed by atoms with Gasteiger partial charge in [-0.3, -0.25) is 4.79 Å². The number of hydrogen-bond acceptors (Lipinski definition) is 5. The van der Waals surface area contributed by atoms with Gasteiger partial charge >= 0.3 is 0 Å². The molecular weight excluding hydrogens is 406 g/mol. The van der Waals surface area contributed by atoms with Crippen molar-refractivity contribution in [2.45, 2.75) is 24.8 Å². The molecule has 3 rings (SSSR count). The predicted molar refractivity (Wildman–Crippen MR) is 106 cm³/mol. The van der Waals surface area contributed by atoms with Crippen molar-refractivity contribution in [2.24, 2.45) is 0 Å². The number of nitrogens with one attached hydrogen (secondary N) is 2. The summed E-state index contributed by atoms with van der Waals surface area (Å²) in [4.78, 5) is 15.2. The summed E-state index contributed by atoms with van der Waals surface area (Å²) < 4.78 is 37.4. The van der Waals surface area contributed by atoms with E-state index in [1.807, 2.05) is 13.8 Å². The van der Waals surface area contributed by atoms with E-state index in [1.165, 1.54) is 16.6 Å². The highest BCUT2D eigenvalue weighted by molar-refractivity contribution is 7.89. The van der Waals surface area contributed by atoms with Gasteiger partial charge in [0.25, 0.3) is 5.91 Å². The molecule has 0 unspecified atom stereocenters. The zero-order chi connectivity index (χ0) is 20.3. The van der Waals surface area contributed by atoms with Gasteiger partial charge in [0.1, 0.15) is 16.3 Å². The van der Waals surface area contributed by atoms with Crippen LogP contribution < -0.4 is 10.1 Å². The Morgan fingerprint density at radius 1 is 1.29 bits per heavy atom. The van der Waals surface area contributed by atoms with Crippen LogP contribution in [0.25, 0.3) is 0 Å². The molecule has 1 aromatic heterocycles. The smallest absolute Gasteiger partial charge is 0.272 e. The van der Waals surface area contributed by atoms with Crippen LogP contribution in [-0.4, -0.2) is 56.0 Å². The Morgan fingerprint density at radius 2 is 2.00 bits per heavy atom. The highest BCUT2D eigenvalue weighted by atomic mass is 35.5. The number of sulfonamides is 1. The average Bonchev–Trinajstić information content (AvgIpc) is 3.16. The molecule has 1 aliphatic heterocycles. The summed E-state index contributed by atoms with van der Waals surface area (Å²) in [6.45, 7) is 5.07. The topological polar surface area (TPSA) is 101 Å². The Kier molecular flexibility index (Phi) is 6.29. The molecule has 0 aliphatic carbocycles. The zero-order valence-electron chi connectivity index (χ0n) is 15.6. The van der Waals surface area contributed by atoms with Crippen molar-refractivity contribution in [1.29, 1.82) is 0 Å². The van der Waals surface area contributed by atoms with E-state index in [1.54, 1.807) is 18.2 Å². The second kappa shape index (κ2) is 8.52. The number of benzene rings is 1. The van der Waals surface area contributed by atoms with Gasteiger partial charge in [-0.15, -0.1) is 0 Å². The Morgan fingerprint density at radius 3 is 2.64 bits per heavy atom. The van der Waals surface area contributed by atoms with Crippen LogP contribution in [0, 0.1) is 0 Å². The summed E-state index contributed by atoms with van der Waals surface area (Å²) in [5, 5.41) is 3.05. The summed E-state index contributed by atoms with van der Waals surface area (Å²) in [6.07, 6.45) is 1.29. The van der Waals surface area contributed by atoms with Crippen molar-refractivity contribution in [3.8, 4) is 5.75 Å². The van der Waals surface area contributed by atoms with E-state index in [0.717, 1.165) is 0 Å². The Bertz CT molecular complexity index is 952. The number of carbonyl (C=O) groups is 1. The quantitative estimate of drug-likeness (QED) is 0.738. The molecule has 2 aromatic rings. The molecule has 1 aromatic carbocycles. The van der Waals surface area contributed by atoms with Crippen LogP contribution in [0.5, 0.6) is 5.75 Å². The van der Waals surface area contributed by atoms with Crippen LogP contribution in [-0.2, 0) is 14.8 Å². The molecule has 10 heteroatoms. The third-order valence-electron chi connectivity index (χ3n) is 4.06. The van der Waals surface area contributed by atoms with E-state index in [-0.39, 0.29) is 16.7 Å². The first-order valence-electron chi connectivity index (χ1n) is 8.81. The van der Waals surface area contributed by atoms with Crippen molar-refractivity contribution in [3.05, 3.63) is 41.2 Å². The van der Waals surface area contributed by atoms with Gasteiger partial charge in [0.05, 0.1) is 24.3 Å². The molecule has 0 bridgehead atoms. The van der Waals surface area contributed by atoms with Crippen LogP contribution in [0.15, 0.2) is 35.4 Å². The maximum atomic E-state index is 12.6. The van der Waals surface area contributed by atoms with E-state index in [4.69, 9.17) is 21.1 Å². The molecule has 0 spiro atoms. The highest BCUT2D eigenvalue weighted by Crippen LogP contribution is 2.29. The molecule has 0 saturated carbocycles. The number of aromatic amines is 1. The SMILES string of the molecule is CC(C)Oc1ccc(NC(=O)c2cc(S(=O)(=O)N3CCOCC3)c[nH]2)cc1Cl. The van der Waals surface area contributed by atoms with Crippen molar-refractivity contribution in [2.75, 3.05) is 31.6 Å². The average molecular weight is 428 g/mol. The maximum Gasteiger partial charge on any atom is 0.272 e. The standard InChI is InChI=1S/C18H22ClN3O5S/c1-12(2)27-17-4-3-13(9-15(17)19)21-18(23)16-10-14(11-20-16)28(24,25)22-5-7-26-8-6-22/h3-4,9-12,20H,5-8H2,1-2H3,(H,21,23). The minimum absolute atomic E-state index is 0.0244. The minimum Gasteiger partial charge on any atom is -0.489 e. The first-order chi connectivity index (χ1) is 13.3. The molecular formula is C18H22ClN3O5S. The maximum absolute atomic E-state index is 12.6. The lowest BCUT2D eigenvalue weighted by Gasteiger charge is -2.25. The number of rotatable bonds is 6. The largest absolute Gasteiger partial charge is 0.489 e. The van der Waals surface area contributed by atoms with Crippen molar-refractivity contribution < 1.29 is 22.7 Å².